The van der Waals surface area contributed by atoms with Gasteiger partial charge < -0.3 is 10.2 Å². The molecule has 0 aromatic heterocycles. The molecule has 1 amide bonds. The molecule has 0 bridgehead atoms. The lowest BCUT2D eigenvalue weighted by Crippen LogP contribution is -2.40. The van der Waals surface area contributed by atoms with Gasteiger partial charge in [-0.3, -0.25) is 4.79 Å². The van der Waals surface area contributed by atoms with Crippen LogP contribution in [0.5, 0.6) is 0 Å². The van der Waals surface area contributed by atoms with E-state index in [0.29, 0.717) is 6.54 Å². The molecule has 0 radical (unpaired) electrons. The van der Waals surface area contributed by atoms with Gasteiger partial charge in [-0.15, -0.1) is 0 Å². The standard InChI is InChI=1S/C23H22N2OS/c1-27-16-17-11-13-19(14-12-17)23(26)25-15-21(18-7-3-2-4-8-18)24-20-9-5-6-10-22(20)25/h2-14,21,24H,15-16H2,1H3. The fourth-order valence-electron chi connectivity index (χ4n) is 3.48. The summed E-state index contributed by atoms with van der Waals surface area (Å²) in [4.78, 5) is 15.2. The van der Waals surface area contributed by atoms with Crippen molar-refractivity contribution in [3.63, 3.8) is 0 Å². The van der Waals surface area contributed by atoms with Crippen LogP contribution in [0.25, 0.3) is 0 Å². The smallest absolute Gasteiger partial charge is 0.258 e. The number of benzene rings is 3. The number of hydrogen-bond donors (Lipinski definition) is 1. The van der Waals surface area contributed by atoms with E-state index in [4.69, 9.17) is 0 Å². The molecular weight excluding hydrogens is 352 g/mol. The molecule has 3 nitrogen and oxygen atoms in total. The zero-order valence-electron chi connectivity index (χ0n) is 15.3. The Labute approximate surface area is 164 Å². The molecule has 1 atom stereocenters. The molecule has 0 spiro atoms. The third kappa shape index (κ3) is 3.71. The van der Waals surface area contributed by atoms with Crippen molar-refractivity contribution < 1.29 is 4.79 Å². The first-order chi connectivity index (χ1) is 13.3. The molecule has 1 N–H and O–H groups in total. The summed E-state index contributed by atoms with van der Waals surface area (Å²) in [5, 5.41) is 3.58. The van der Waals surface area contributed by atoms with Crippen molar-refractivity contribution in [2.45, 2.75) is 11.8 Å². The van der Waals surface area contributed by atoms with Crippen molar-refractivity contribution in [1.82, 2.24) is 0 Å². The summed E-state index contributed by atoms with van der Waals surface area (Å²) >= 11 is 1.78. The highest BCUT2D eigenvalue weighted by molar-refractivity contribution is 7.97. The number of thioether (sulfide) groups is 1. The van der Waals surface area contributed by atoms with E-state index < -0.39 is 0 Å². The van der Waals surface area contributed by atoms with E-state index in [2.05, 4.69) is 23.7 Å². The summed E-state index contributed by atoms with van der Waals surface area (Å²) in [6.45, 7) is 0.604. The molecule has 3 aromatic carbocycles. The maximum absolute atomic E-state index is 13.3. The highest BCUT2D eigenvalue weighted by atomic mass is 32.2. The summed E-state index contributed by atoms with van der Waals surface area (Å²) in [5.41, 5.74) is 5.07. The van der Waals surface area contributed by atoms with Crippen molar-refractivity contribution in [1.29, 1.82) is 0 Å². The average Bonchev–Trinajstić information content (AvgIpc) is 2.74. The maximum atomic E-state index is 13.3. The lowest BCUT2D eigenvalue weighted by atomic mass is 10.0. The molecule has 0 saturated heterocycles. The van der Waals surface area contributed by atoms with Crippen molar-refractivity contribution in [3.8, 4) is 0 Å². The minimum absolute atomic E-state index is 0.0422. The van der Waals surface area contributed by atoms with E-state index in [0.717, 1.165) is 22.7 Å². The van der Waals surface area contributed by atoms with Gasteiger partial charge in [0.2, 0.25) is 0 Å². The fraction of sp³-hybridized carbons (Fsp3) is 0.174. The van der Waals surface area contributed by atoms with Gasteiger partial charge in [0, 0.05) is 11.3 Å². The van der Waals surface area contributed by atoms with Crippen molar-refractivity contribution in [2.75, 3.05) is 23.0 Å². The second-order valence-corrected chi connectivity index (χ2v) is 7.54. The molecule has 136 valence electrons. The molecule has 0 aliphatic carbocycles. The largest absolute Gasteiger partial charge is 0.375 e. The molecule has 1 unspecified atom stereocenters. The first-order valence-corrected chi connectivity index (χ1v) is 10.5. The molecule has 1 aliphatic rings. The summed E-state index contributed by atoms with van der Waals surface area (Å²) in [5.74, 6) is 1.00. The SMILES string of the molecule is CSCc1ccc(C(=O)N2CC(c3ccccc3)Nc3ccccc32)cc1. The summed E-state index contributed by atoms with van der Waals surface area (Å²) in [7, 11) is 0. The van der Waals surface area contributed by atoms with Gasteiger partial charge in [0.25, 0.3) is 5.91 Å². The van der Waals surface area contributed by atoms with Crippen LogP contribution in [0.1, 0.15) is 27.5 Å². The van der Waals surface area contributed by atoms with Crippen molar-refractivity contribution in [2.24, 2.45) is 0 Å². The molecule has 0 saturated carbocycles. The normalized spacial score (nSPS) is 15.7. The molecule has 0 fully saturated rings. The molecule has 1 aliphatic heterocycles. The summed E-state index contributed by atoms with van der Waals surface area (Å²) < 4.78 is 0. The van der Waals surface area contributed by atoms with E-state index in [1.54, 1.807) is 11.8 Å². The first-order valence-electron chi connectivity index (χ1n) is 9.06. The van der Waals surface area contributed by atoms with Crippen molar-refractivity contribution in [3.05, 3.63) is 95.6 Å². The van der Waals surface area contributed by atoms with Crippen LogP contribution >= 0.6 is 11.8 Å². The Balaban J connectivity index is 1.66. The number of rotatable bonds is 4. The van der Waals surface area contributed by atoms with E-state index in [-0.39, 0.29) is 11.9 Å². The maximum Gasteiger partial charge on any atom is 0.258 e. The van der Waals surface area contributed by atoms with Crippen LogP contribution in [0.3, 0.4) is 0 Å². The van der Waals surface area contributed by atoms with Crippen molar-refractivity contribution >= 4 is 29.0 Å². The quantitative estimate of drug-likeness (QED) is 0.667. The van der Waals surface area contributed by atoms with Gasteiger partial charge >= 0.3 is 0 Å². The molecule has 3 aromatic rings. The molecule has 4 heteroatoms. The first kappa shape index (κ1) is 17.7. The monoisotopic (exact) mass is 374 g/mol. The van der Waals surface area contributed by atoms with Gasteiger partial charge in [-0.2, -0.15) is 11.8 Å². The van der Waals surface area contributed by atoms with Crippen LogP contribution in [-0.4, -0.2) is 18.7 Å². The average molecular weight is 375 g/mol. The van der Waals surface area contributed by atoms with Gasteiger partial charge in [0.05, 0.1) is 24.0 Å². The Morgan fingerprint density at radius 1 is 1.00 bits per heavy atom. The van der Waals surface area contributed by atoms with Crippen LogP contribution in [0, 0.1) is 0 Å². The molecular formula is C23H22N2OS. The highest BCUT2D eigenvalue weighted by Crippen LogP contribution is 2.36. The number of nitrogens with one attached hydrogen (secondary N) is 1. The third-order valence-electron chi connectivity index (χ3n) is 4.85. The van der Waals surface area contributed by atoms with E-state index in [1.807, 2.05) is 71.6 Å². The van der Waals surface area contributed by atoms with E-state index in [1.165, 1.54) is 11.1 Å². The number of hydrogen-bond acceptors (Lipinski definition) is 3. The zero-order chi connectivity index (χ0) is 18.6. The van der Waals surface area contributed by atoms with E-state index in [9.17, 15) is 4.79 Å². The molecule has 4 rings (SSSR count). The Bertz CT molecular complexity index is 925. The minimum atomic E-state index is 0.0422. The highest BCUT2D eigenvalue weighted by Gasteiger charge is 2.29. The lowest BCUT2D eigenvalue weighted by Gasteiger charge is -2.36. The summed E-state index contributed by atoms with van der Waals surface area (Å²) in [6.07, 6.45) is 2.08. The second kappa shape index (κ2) is 7.89. The number of anilines is 2. The second-order valence-electron chi connectivity index (χ2n) is 6.67. The number of fused-ring (bicyclic) bond motifs is 1. The molecule has 1 heterocycles. The number of para-hydroxylation sites is 2. The fourth-order valence-corrected chi connectivity index (χ4v) is 4.00. The Hall–Kier alpha value is -2.72. The Morgan fingerprint density at radius 3 is 2.44 bits per heavy atom. The predicted octanol–water partition coefficient (Wildman–Crippen LogP) is 5.36. The van der Waals surface area contributed by atoms with Gasteiger partial charge in [-0.25, -0.2) is 0 Å². The van der Waals surface area contributed by atoms with Gasteiger partial charge in [-0.1, -0.05) is 54.6 Å². The van der Waals surface area contributed by atoms with Gasteiger partial charge in [-0.05, 0) is 41.6 Å². The predicted molar refractivity (Wildman–Crippen MR) is 115 cm³/mol. The number of carbonyl (C=O) groups excluding carboxylic acids is 1. The van der Waals surface area contributed by atoms with Crippen LogP contribution in [0.15, 0.2) is 78.9 Å². The van der Waals surface area contributed by atoms with Crippen LogP contribution in [-0.2, 0) is 5.75 Å². The van der Waals surface area contributed by atoms with E-state index >= 15 is 0 Å². The molecule has 27 heavy (non-hydrogen) atoms. The lowest BCUT2D eigenvalue weighted by molar-refractivity contribution is 0.0985. The van der Waals surface area contributed by atoms with Crippen LogP contribution in [0.2, 0.25) is 0 Å². The Morgan fingerprint density at radius 2 is 1.70 bits per heavy atom. The minimum Gasteiger partial charge on any atom is -0.375 e. The summed E-state index contributed by atoms with van der Waals surface area (Å²) in [6, 6.07) is 26.4. The number of nitrogens with zero attached hydrogens (tertiary/aromatic N) is 1. The number of carbonyl (C=O) groups is 1. The van der Waals surface area contributed by atoms with Gasteiger partial charge in [0.15, 0.2) is 0 Å². The number of amides is 1. The third-order valence-corrected chi connectivity index (χ3v) is 5.47. The van der Waals surface area contributed by atoms with Crippen LogP contribution < -0.4 is 10.2 Å². The topological polar surface area (TPSA) is 32.3 Å². The Kier molecular flexibility index (Phi) is 5.16. The van der Waals surface area contributed by atoms with Gasteiger partial charge in [0.1, 0.15) is 0 Å². The van der Waals surface area contributed by atoms with Crippen LogP contribution in [0.4, 0.5) is 11.4 Å². The zero-order valence-corrected chi connectivity index (χ0v) is 16.1.